The molecule has 1 aromatic heterocycles. The first kappa shape index (κ1) is 17.7. The van der Waals surface area contributed by atoms with E-state index in [4.69, 9.17) is 0 Å². The summed E-state index contributed by atoms with van der Waals surface area (Å²) in [7, 11) is -3.54. The van der Waals surface area contributed by atoms with Crippen molar-refractivity contribution in [1.82, 2.24) is 14.9 Å². The Morgan fingerprint density at radius 3 is 2.73 bits per heavy atom. The van der Waals surface area contributed by atoms with Gasteiger partial charge in [-0.1, -0.05) is 0 Å². The fourth-order valence-electron chi connectivity index (χ4n) is 2.76. The number of rotatable bonds is 4. The number of nitrogens with one attached hydrogen (secondary N) is 2. The van der Waals surface area contributed by atoms with Gasteiger partial charge in [-0.25, -0.2) is 8.42 Å². The Morgan fingerprint density at radius 1 is 1.36 bits per heavy atom. The Hall–Kier alpha value is -0.670. The van der Waals surface area contributed by atoms with Gasteiger partial charge in [0.1, 0.15) is 9.77 Å². The third kappa shape index (κ3) is 3.46. The SMILES string of the molecule is Cl.O=C(NC1CCNC1)c1sccc1S(=O)(=O)N1CCCC1. The Morgan fingerprint density at radius 2 is 2.09 bits per heavy atom. The molecule has 3 rings (SSSR count). The van der Waals surface area contributed by atoms with Crippen LogP contribution in [0.4, 0.5) is 0 Å². The normalized spacial score (nSPS) is 22.5. The minimum Gasteiger partial charge on any atom is -0.347 e. The second-order valence-electron chi connectivity index (χ2n) is 5.39. The van der Waals surface area contributed by atoms with Crippen LogP contribution in [0.3, 0.4) is 0 Å². The van der Waals surface area contributed by atoms with E-state index >= 15 is 0 Å². The van der Waals surface area contributed by atoms with Crippen molar-refractivity contribution < 1.29 is 13.2 Å². The minimum atomic E-state index is -3.54. The third-order valence-electron chi connectivity index (χ3n) is 3.91. The van der Waals surface area contributed by atoms with E-state index in [1.807, 2.05) is 0 Å². The van der Waals surface area contributed by atoms with Gasteiger partial charge in [-0.3, -0.25) is 4.79 Å². The van der Waals surface area contributed by atoms with Gasteiger partial charge in [0.2, 0.25) is 10.0 Å². The summed E-state index contributed by atoms with van der Waals surface area (Å²) in [6, 6.07) is 1.63. The summed E-state index contributed by atoms with van der Waals surface area (Å²) in [5.41, 5.74) is 0. The summed E-state index contributed by atoms with van der Waals surface area (Å²) < 4.78 is 26.7. The maximum atomic E-state index is 12.6. The summed E-state index contributed by atoms with van der Waals surface area (Å²) in [4.78, 5) is 12.8. The van der Waals surface area contributed by atoms with Gasteiger partial charge in [-0.15, -0.1) is 23.7 Å². The largest absolute Gasteiger partial charge is 0.347 e. The molecule has 3 heterocycles. The predicted molar refractivity (Wildman–Crippen MR) is 88.3 cm³/mol. The number of thiophene rings is 1. The smallest absolute Gasteiger partial charge is 0.263 e. The number of hydrogen-bond acceptors (Lipinski definition) is 5. The van der Waals surface area contributed by atoms with E-state index in [0.717, 1.165) is 32.4 Å². The molecule has 0 spiro atoms. The quantitative estimate of drug-likeness (QED) is 0.835. The van der Waals surface area contributed by atoms with E-state index < -0.39 is 10.0 Å². The van der Waals surface area contributed by atoms with Crippen LogP contribution in [0.1, 0.15) is 28.9 Å². The number of amides is 1. The van der Waals surface area contributed by atoms with E-state index in [9.17, 15) is 13.2 Å². The number of halogens is 1. The highest BCUT2D eigenvalue weighted by Crippen LogP contribution is 2.27. The van der Waals surface area contributed by atoms with Crippen molar-refractivity contribution in [2.75, 3.05) is 26.2 Å². The molecule has 9 heteroatoms. The molecule has 124 valence electrons. The highest BCUT2D eigenvalue weighted by molar-refractivity contribution is 7.89. The Balaban J connectivity index is 0.00000176. The summed E-state index contributed by atoms with van der Waals surface area (Å²) in [6.07, 6.45) is 2.66. The molecule has 6 nitrogen and oxygen atoms in total. The van der Waals surface area contributed by atoms with Crippen molar-refractivity contribution in [2.45, 2.75) is 30.2 Å². The summed E-state index contributed by atoms with van der Waals surface area (Å²) in [6.45, 7) is 2.72. The van der Waals surface area contributed by atoms with Gasteiger partial charge in [-0.05, 0) is 37.3 Å². The molecule has 2 saturated heterocycles. The van der Waals surface area contributed by atoms with Crippen LogP contribution >= 0.6 is 23.7 Å². The Bertz CT molecular complexity index is 620. The molecule has 1 amide bonds. The molecule has 0 aromatic carbocycles. The molecular formula is C13H20ClN3O3S2. The van der Waals surface area contributed by atoms with Crippen LogP contribution < -0.4 is 10.6 Å². The van der Waals surface area contributed by atoms with Crippen LogP contribution in [-0.4, -0.2) is 50.9 Å². The van der Waals surface area contributed by atoms with Gasteiger partial charge < -0.3 is 10.6 Å². The molecule has 0 bridgehead atoms. The van der Waals surface area contributed by atoms with Crippen LogP contribution in [0.5, 0.6) is 0 Å². The Labute approximate surface area is 140 Å². The lowest BCUT2D eigenvalue weighted by molar-refractivity contribution is 0.0941. The van der Waals surface area contributed by atoms with E-state index in [1.54, 1.807) is 11.4 Å². The molecule has 2 N–H and O–H groups in total. The average Bonchev–Trinajstić information content (AvgIpc) is 3.20. The van der Waals surface area contributed by atoms with Gasteiger partial charge in [0.15, 0.2) is 0 Å². The maximum absolute atomic E-state index is 12.6. The molecule has 1 atom stereocenters. The molecule has 0 radical (unpaired) electrons. The first-order valence-electron chi connectivity index (χ1n) is 7.18. The molecule has 1 aromatic rings. The van der Waals surface area contributed by atoms with Gasteiger partial charge in [0.25, 0.3) is 5.91 Å². The van der Waals surface area contributed by atoms with Gasteiger partial charge in [0, 0.05) is 25.7 Å². The van der Waals surface area contributed by atoms with Gasteiger partial charge in [-0.2, -0.15) is 4.31 Å². The highest BCUT2D eigenvalue weighted by Gasteiger charge is 2.32. The first-order valence-corrected chi connectivity index (χ1v) is 9.50. The van der Waals surface area contributed by atoms with E-state index in [1.165, 1.54) is 15.6 Å². The van der Waals surface area contributed by atoms with Crippen LogP contribution in [0.25, 0.3) is 0 Å². The van der Waals surface area contributed by atoms with E-state index in [-0.39, 0.29) is 29.3 Å². The average molecular weight is 366 g/mol. The first-order chi connectivity index (χ1) is 10.1. The van der Waals surface area contributed by atoms with Crippen molar-refractivity contribution in [1.29, 1.82) is 0 Å². The fraction of sp³-hybridized carbons (Fsp3) is 0.615. The second kappa shape index (κ2) is 7.27. The number of nitrogens with zero attached hydrogens (tertiary/aromatic N) is 1. The third-order valence-corrected chi connectivity index (χ3v) is 6.90. The van der Waals surface area contributed by atoms with Crippen LogP contribution in [0.2, 0.25) is 0 Å². The monoisotopic (exact) mass is 365 g/mol. The van der Waals surface area contributed by atoms with Crippen molar-refractivity contribution in [2.24, 2.45) is 0 Å². The zero-order valence-electron chi connectivity index (χ0n) is 12.1. The standard InChI is InChI=1S/C13H19N3O3S2.ClH/c17-13(15-10-3-5-14-9-10)12-11(4-8-20-12)21(18,19)16-6-1-2-7-16;/h4,8,10,14H,1-3,5-7,9H2,(H,15,17);1H. The zero-order chi connectivity index (χ0) is 14.9. The lowest BCUT2D eigenvalue weighted by Crippen LogP contribution is -2.37. The molecular weight excluding hydrogens is 346 g/mol. The van der Waals surface area contributed by atoms with Gasteiger partial charge >= 0.3 is 0 Å². The summed E-state index contributed by atoms with van der Waals surface area (Å²) in [5.74, 6) is -0.281. The molecule has 2 aliphatic heterocycles. The number of hydrogen-bond donors (Lipinski definition) is 2. The van der Waals surface area contributed by atoms with Crippen LogP contribution in [0.15, 0.2) is 16.3 Å². The molecule has 0 saturated carbocycles. The number of carbonyl (C=O) groups is 1. The maximum Gasteiger partial charge on any atom is 0.263 e. The minimum absolute atomic E-state index is 0. The zero-order valence-corrected chi connectivity index (χ0v) is 14.5. The summed E-state index contributed by atoms with van der Waals surface area (Å²) in [5, 5.41) is 7.76. The predicted octanol–water partition coefficient (Wildman–Crippen LogP) is 1.05. The molecule has 1 unspecified atom stereocenters. The van der Waals surface area contributed by atoms with Crippen molar-refractivity contribution >= 4 is 39.7 Å². The molecule has 0 aliphatic carbocycles. The second-order valence-corrected chi connectivity index (χ2v) is 8.21. The van der Waals surface area contributed by atoms with Gasteiger partial charge in [0.05, 0.1) is 0 Å². The van der Waals surface area contributed by atoms with Crippen molar-refractivity contribution in [3.63, 3.8) is 0 Å². The Kier molecular flexibility index (Phi) is 5.84. The van der Waals surface area contributed by atoms with Crippen molar-refractivity contribution in [3.05, 3.63) is 16.3 Å². The van der Waals surface area contributed by atoms with Crippen LogP contribution in [-0.2, 0) is 10.0 Å². The summed E-state index contributed by atoms with van der Waals surface area (Å²) >= 11 is 1.19. The highest BCUT2D eigenvalue weighted by atomic mass is 35.5. The lowest BCUT2D eigenvalue weighted by atomic mass is 10.2. The number of carbonyl (C=O) groups excluding carboxylic acids is 1. The van der Waals surface area contributed by atoms with Crippen LogP contribution in [0, 0.1) is 0 Å². The molecule has 2 aliphatic rings. The number of sulfonamides is 1. The lowest BCUT2D eigenvalue weighted by Gasteiger charge is -2.16. The molecule has 2 fully saturated rings. The topological polar surface area (TPSA) is 78.5 Å². The molecule has 22 heavy (non-hydrogen) atoms. The van der Waals surface area contributed by atoms with Crippen molar-refractivity contribution in [3.8, 4) is 0 Å². The van der Waals surface area contributed by atoms with E-state index in [2.05, 4.69) is 10.6 Å². The fourth-order valence-corrected chi connectivity index (χ4v) is 5.58. The van der Waals surface area contributed by atoms with E-state index in [0.29, 0.717) is 18.0 Å².